The number of rotatable bonds is 8. The Morgan fingerprint density at radius 2 is 1.92 bits per heavy atom. The van der Waals surface area contributed by atoms with Crippen molar-refractivity contribution in [3.05, 3.63) is 59.8 Å². The van der Waals surface area contributed by atoms with Crippen LogP contribution in [-0.4, -0.2) is 37.5 Å². The van der Waals surface area contributed by atoms with Gasteiger partial charge in [0.25, 0.3) is 0 Å². The number of nitrogens with one attached hydrogen (secondary N) is 3. The normalized spacial score (nSPS) is 29.3. The largest absolute Gasteiger partial charge is 0.366 e. The van der Waals surface area contributed by atoms with Crippen LogP contribution in [0.3, 0.4) is 0 Å². The molecule has 0 saturated heterocycles. The summed E-state index contributed by atoms with van der Waals surface area (Å²) in [5, 5.41) is 10.6. The highest BCUT2D eigenvalue weighted by molar-refractivity contribution is 5.84. The molecule has 3 aromatic rings. The third kappa shape index (κ3) is 4.44. The van der Waals surface area contributed by atoms with Crippen molar-refractivity contribution in [1.29, 1.82) is 0 Å². The lowest BCUT2D eigenvalue weighted by molar-refractivity contribution is -0.147. The lowest BCUT2D eigenvalue weighted by Gasteiger charge is -2.59. The number of carbonyl (C=O) groups excluding carboxylic acids is 1. The summed E-state index contributed by atoms with van der Waals surface area (Å²) in [6.45, 7) is 4.86. The van der Waals surface area contributed by atoms with E-state index in [2.05, 4.69) is 55.6 Å². The SMILES string of the molecule is Cc1cnc(Nc2cccc(Cn3ccnc3C)c2)nc1N[C@H]1C2CC3CC1C[C@@](C(=O)NC1CC1)(C3)C2. The van der Waals surface area contributed by atoms with Crippen LogP contribution in [0.5, 0.6) is 0 Å². The van der Waals surface area contributed by atoms with Crippen LogP contribution < -0.4 is 16.0 Å². The molecule has 5 aliphatic carbocycles. The van der Waals surface area contributed by atoms with Crippen LogP contribution in [0.15, 0.2) is 42.9 Å². The molecule has 0 aliphatic heterocycles. The van der Waals surface area contributed by atoms with Crippen molar-refractivity contribution < 1.29 is 4.79 Å². The van der Waals surface area contributed by atoms with Gasteiger partial charge in [-0.25, -0.2) is 9.97 Å². The fraction of sp³-hybridized carbons (Fsp3) is 0.533. The molecule has 0 spiro atoms. The number of imidazole rings is 1. The van der Waals surface area contributed by atoms with E-state index in [0.717, 1.165) is 61.5 Å². The standard InChI is InChI=1S/C30H37N7O/c1-18-16-32-29(34-25-5-3-4-20(12-25)17-37-9-8-31-19(37)2)36-27(18)35-26-22-10-21-11-23(26)15-30(13-21,14-22)28(38)33-24-6-7-24/h3-5,8-9,12,16,21-24,26H,6-7,10-11,13-15,17H2,1-2H3,(H,33,38)(H2,32,34,35,36)/t21?,22?,23?,26-,30+. The van der Waals surface area contributed by atoms with Crippen molar-refractivity contribution in [2.24, 2.45) is 23.2 Å². The number of nitrogens with zero attached hydrogens (tertiary/aromatic N) is 4. The fourth-order valence-corrected chi connectivity index (χ4v) is 7.55. The van der Waals surface area contributed by atoms with Crippen LogP contribution in [0.1, 0.15) is 61.9 Å². The summed E-state index contributed by atoms with van der Waals surface area (Å²) in [7, 11) is 0. The van der Waals surface area contributed by atoms with Crippen LogP contribution in [0, 0.1) is 37.0 Å². The van der Waals surface area contributed by atoms with Gasteiger partial charge in [0.15, 0.2) is 0 Å². The van der Waals surface area contributed by atoms with Gasteiger partial charge in [0.2, 0.25) is 11.9 Å². The number of anilines is 3. The number of aromatic nitrogens is 4. The molecule has 198 valence electrons. The average Bonchev–Trinajstić information content (AvgIpc) is 3.62. The van der Waals surface area contributed by atoms with Crippen molar-refractivity contribution in [2.45, 2.75) is 77.4 Å². The first-order valence-corrected chi connectivity index (χ1v) is 14.2. The van der Waals surface area contributed by atoms with Crippen molar-refractivity contribution in [2.75, 3.05) is 10.6 Å². The summed E-state index contributed by atoms with van der Waals surface area (Å²) in [5.74, 6) is 4.59. The molecule has 8 heteroatoms. The van der Waals surface area contributed by atoms with Gasteiger partial charge < -0.3 is 20.5 Å². The lowest BCUT2D eigenvalue weighted by atomic mass is 9.47. The average molecular weight is 512 g/mol. The summed E-state index contributed by atoms with van der Waals surface area (Å²) in [6, 6.07) is 9.18. The van der Waals surface area contributed by atoms with E-state index in [4.69, 9.17) is 4.98 Å². The minimum Gasteiger partial charge on any atom is -0.366 e. The first-order chi connectivity index (χ1) is 18.4. The van der Waals surface area contributed by atoms with Crippen LogP contribution in [-0.2, 0) is 11.3 Å². The Morgan fingerprint density at radius 1 is 1.11 bits per heavy atom. The molecule has 1 amide bonds. The van der Waals surface area contributed by atoms with E-state index < -0.39 is 0 Å². The molecule has 3 N–H and O–H groups in total. The predicted octanol–water partition coefficient (Wildman–Crippen LogP) is 4.97. The lowest BCUT2D eigenvalue weighted by Crippen LogP contribution is -2.60. The maximum Gasteiger partial charge on any atom is 0.229 e. The Kier molecular flexibility index (Phi) is 5.67. The second-order valence-corrected chi connectivity index (χ2v) is 12.3. The summed E-state index contributed by atoms with van der Waals surface area (Å²) in [5.41, 5.74) is 3.07. The smallest absolute Gasteiger partial charge is 0.229 e. The highest BCUT2D eigenvalue weighted by Gasteiger charge is 2.58. The summed E-state index contributed by atoms with van der Waals surface area (Å²) < 4.78 is 2.13. The zero-order valence-corrected chi connectivity index (χ0v) is 22.3. The van der Waals surface area contributed by atoms with Crippen molar-refractivity contribution in [3.8, 4) is 0 Å². The molecule has 4 bridgehead atoms. The topological polar surface area (TPSA) is 96.8 Å². The second kappa shape index (κ2) is 9.10. The Balaban J connectivity index is 1.06. The molecule has 0 radical (unpaired) electrons. The highest BCUT2D eigenvalue weighted by Crippen LogP contribution is 2.60. The highest BCUT2D eigenvalue weighted by atomic mass is 16.2. The van der Waals surface area contributed by atoms with Gasteiger partial charge in [-0.15, -0.1) is 0 Å². The van der Waals surface area contributed by atoms with Gasteiger partial charge in [0.1, 0.15) is 11.6 Å². The monoisotopic (exact) mass is 511 g/mol. The summed E-state index contributed by atoms with van der Waals surface area (Å²) >= 11 is 0. The van der Waals surface area contributed by atoms with Crippen LogP contribution in [0.25, 0.3) is 0 Å². The van der Waals surface area contributed by atoms with Gasteiger partial charge in [-0.3, -0.25) is 4.79 Å². The Bertz CT molecular complexity index is 1350. The van der Waals surface area contributed by atoms with Gasteiger partial charge in [-0.05, 0) is 94.2 Å². The number of aryl methyl sites for hydroxylation is 2. The van der Waals surface area contributed by atoms with Crippen LogP contribution in [0.2, 0.25) is 0 Å². The van der Waals surface area contributed by atoms with Gasteiger partial charge >= 0.3 is 0 Å². The van der Waals surface area contributed by atoms with Crippen LogP contribution in [0.4, 0.5) is 17.5 Å². The van der Waals surface area contributed by atoms with Gasteiger partial charge in [-0.1, -0.05) is 12.1 Å². The summed E-state index contributed by atoms with van der Waals surface area (Å²) in [6.07, 6.45) is 13.6. The third-order valence-electron chi connectivity index (χ3n) is 9.40. The van der Waals surface area contributed by atoms with Crippen molar-refractivity contribution in [1.82, 2.24) is 24.8 Å². The number of hydrogen-bond donors (Lipinski definition) is 3. The van der Waals surface area contributed by atoms with E-state index in [-0.39, 0.29) is 5.41 Å². The van der Waals surface area contributed by atoms with E-state index in [1.807, 2.05) is 31.6 Å². The molecule has 2 heterocycles. The van der Waals surface area contributed by atoms with Gasteiger partial charge in [0.05, 0.1) is 5.41 Å². The molecule has 8 rings (SSSR count). The second-order valence-electron chi connectivity index (χ2n) is 12.3. The maximum absolute atomic E-state index is 13.2. The molecular weight excluding hydrogens is 474 g/mol. The minimum atomic E-state index is -0.134. The number of carbonyl (C=O) groups is 1. The first kappa shape index (κ1) is 23.7. The molecule has 2 aromatic heterocycles. The van der Waals surface area contributed by atoms with Crippen molar-refractivity contribution in [3.63, 3.8) is 0 Å². The molecule has 5 aliphatic rings. The number of amides is 1. The van der Waals surface area contributed by atoms with E-state index in [1.165, 1.54) is 18.4 Å². The van der Waals surface area contributed by atoms with E-state index in [9.17, 15) is 4.79 Å². The molecule has 5 fully saturated rings. The fourth-order valence-electron chi connectivity index (χ4n) is 7.55. The molecule has 2 atom stereocenters. The van der Waals surface area contributed by atoms with Crippen LogP contribution >= 0.6 is 0 Å². The van der Waals surface area contributed by atoms with Gasteiger partial charge in [-0.2, -0.15) is 4.98 Å². The Morgan fingerprint density at radius 3 is 2.66 bits per heavy atom. The van der Waals surface area contributed by atoms with E-state index >= 15 is 0 Å². The number of hydrogen-bond acceptors (Lipinski definition) is 6. The minimum absolute atomic E-state index is 0.134. The van der Waals surface area contributed by atoms with Gasteiger partial charge in [0, 0.05) is 48.5 Å². The zero-order chi connectivity index (χ0) is 25.9. The maximum atomic E-state index is 13.2. The number of benzene rings is 1. The predicted molar refractivity (Wildman–Crippen MR) is 147 cm³/mol. The third-order valence-corrected chi connectivity index (χ3v) is 9.40. The Hall–Kier alpha value is -3.42. The Labute approximate surface area is 224 Å². The molecule has 8 nitrogen and oxygen atoms in total. The molecule has 2 unspecified atom stereocenters. The molecule has 1 aromatic carbocycles. The first-order valence-electron chi connectivity index (χ1n) is 14.2. The molecule has 5 saturated carbocycles. The quantitative estimate of drug-likeness (QED) is 0.395. The molecular formula is C30H37N7O. The van der Waals surface area contributed by atoms with Crippen molar-refractivity contribution >= 4 is 23.4 Å². The van der Waals surface area contributed by atoms with E-state index in [0.29, 0.717) is 41.7 Å². The zero-order valence-electron chi connectivity index (χ0n) is 22.3. The molecule has 38 heavy (non-hydrogen) atoms. The summed E-state index contributed by atoms with van der Waals surface area (Å²) in [4.78, 5) is 27.1. The van der Waals surface area contributed by atoms with E-state index in [1.54, 1.807) is 0 Å².